The van der Waals surface area contributed by atoms with E-state index in [0.29, 0.717) is 25.0 Å². The Morgan fingerprint density at radius 3 is 2.82 bits per heavy atom. The molecular weight excluding hydrogens is 216 g/mol. The van der Waals surface area contributed by atoms with Crippen molar-refractivity contribution in [3.63, 3.8) is 0 Å². The van der Waals surface area contributed by atoms with E-state index in [1.165, 1.54) is 0 Å². The van der Waals surface area contributed by atoms with Crippen LogP contribution in [0.5, 0.6) is 0 Å². The largest absolute Gasteiger partial charge is 0.383 e. The first-order chi connectivity index (χ1) is 8.17. The molecule has 1 unspecified atom stereocenters. The van der Waals surface area contributed by atoms with Crippen LogP contribution in [0.2, 0.25) is 0 Å². The number of nitrogens with zero attached hydrogens (tertiary/aromatic N) is 3. The number of aromatic nitrogens is 3. The molecule has 5 nitrogen and oxygen atoms in total. The molecule has 1 rings (SSSR count). The Kier molecular flexibility index (Phi) is 6.15. The minimum atomic E-state index is 0.487. The van der Waals surface area contributed by atoms with Gasteiger partial charge in [0.1, 0.15) is 12.2 Å². The molecule has 0 amide bonds. The Morgan fingerprint density at radius 1 is 1.47 bits per heavy atom. The minimum Gasteiger partial charge on any atom is -0.383 e. The standard InChI is InChI=1S/C12H24N4O/c1-10(2)6-11(8-13)7-12-15-14-9-16(12)4-5-17-3/h9-11H,4-8,13H2,1-3H3. The number of nitrogens with two attached hydrogens (primary N) is 1. The molecule has 0 radical (unpaired) electrons. The lowest BCUT2D eigenvalue weighted by molar-refractivity contribution is 0.186. The highest BCUT2D eigenvalue weighted by Crippen LogP contribution is 2.15. The van der Waals surface area contributed by atoms with Gasteiger partial charge < -0.3 is 15.0 Å². The summed E-state index contributed by atoms with van der Waals surface area (Å²) in [5.41, 5.74) is 5.81. The van der Waals surface area contributed by atoms with Gasteiger partial charge in [0.05, 0.1) is 6.61 Å². The molecule has 0 saturated heterocycles. The Morgan fingerprint density at radius 2 is 2.24 bits per heavy atom. The van der Waals surface area contributed by atoms with Crippen LogP contribution in [0.4, 0.5) is 0 Å². The summed E-state index contributed by atoms with van der Waals surface area (Å²) in [4.78, 5) is 0. The lowest BCUT2D eigenvalue weighted by Gasteiger charge is -2.16. The molecule has 0 aliphatic carbocycles. The lowest BCUT2D eigenvalue weighted by Crippen LogP contribution is -2.21. The summed E-state index contributed by atoms with van der Waals surface area (Å²) in [5.74, 6) is 2.16. The molecule has 2 N–H and O–H groups in total. The van der Waals surface area contributed by atoms with Gasteiger partial charge in [-0.2, -0.15) is 0 Å². The molecule has 0 fully saturated rings. The van der Waals surface area contributed by atoms with Crippen LogP contribution >= 0.6 is 0 Å². The molecular formula is C12H24N4O. The fourth-order valence-corrected chi connectivity index (χ4v) is 2.00. The zero-order chi connectivity index (χ0) is 12.7. The highest BCUT2D eigenvalue weighted by atomic mass is 16.5. The van der Waals surface area contributed by atoms with E-state index >= 15 is 0 Å². The summed E-state index contributed by atoms with van der Waals surface area (Å²) in [6, 6.07) is 0. The van der Waals surface area contributed by atoms with Gasteiger partial charge in [-0.1, -0.05) is 13.8 Å². The topological polar surface area (TPSA) is 66.0 Å². The number of hydrogen-bond donors (Lipinski definition) is 1. The van der Waals surface area contributed by atoms with Crippen molar-refractivity contribution in [1.29, 1.82) is 0 Å². The van der Waals surface area contributed by atoms with Crippen LogP contribution in [0.3, 0.4) is 0 Å². The molecule has 0 saturated carbocycles. The van der Waals surface area contributed by atoms with Crippen LogP contribution < -0.4 is 5.73 Å². The van der Waals surface area contributed by atoms with Crippen molar-refractivity contribution in [2.24, 2.45) is 17.6 Å². The van der Waals surface area contributed by atoms with Crippen molar-refractivity contribution in [3.05, 3.63) is 12.2 Å². The van der Waals surface area contributed by atoms with Gasteiger partial charge in [0, 0.05) is 20.1 Å². The third-order valence-corrected chi connectivity index (χ3v) is 2.84. The highest BCUT2D eigenvalue weighted by Gasteiger charge is 2.14. The smallest absolute Gasteiger partial charge is 0.133 e. The number of hydrogen-bond acceptors (Lipinski definition) is 4. The third kappa shape index (κ3) is 4.83. The monoisotopic (exact) mass is 240 g/mol. The van der Waals surface area contributed by atoms with Gasteiger partial charge in [-0.3, -0.25) is 0 Å². The molecule has 0 spiro atoms. The first-order valence-electron chi connectivity index (χ1n) is 6.23. The summed E-state index contributed by atoms with van der Waals surface area (Å²) in [6.45, 7) is 6.63. The SMILES string of the molecule is COCCn1cnnc1CC(CN)CC(C)C. The van der Waals surface area contributed by atoms with Crippen molar-refractivity contribution in [3.8, 4) is 0 Å². The second-order valence-electron chi connectivity index (χ2n) is 4.87. The molecule has 0 aliphatic rings. The van der Waals surface area contributed by atoms with Gasteiger partial charge in [0.15, 0.2) is 0 Å². The van der Waals surface area contributed by atoms with Crippen molar-refractivity contribution >= 4 is 0 Å². The predicted octanol–water partition coefficient (Wildman–Crippen LogP) is 1.09. The van der Waals surface area contributed by atoms with Crippen molar-refractivity contribution < 1.29 is 4.74 Å². The molecule has 1 aromatic heterocycles. The molecule has 98 valence electrons. The van der Waals surface area contributed by atoms with Crippen LogP contribution in [0.25, 0.3) is 0 Å². The summed E-state index contributed by atoms with van der Waals surface area (Å²) in [7, 11) is 1.70. The maximum atomic E-state index is 5.81. The van der Waals surface area contributed by atoms with E-state index < -0.39 is 0 Å². The van der Waals surface area contributed by atoms with Gasteiger partial charge in [0.2, 0.25) is 0 Å². The fraction of sp³-hybridized carbons (Fsp3) is 0.833. The van der Waals surface area contributed by atoms with Crippen molar-refractivity contribution in [2.75, 3.05) is 20.3 Å². The van der Waals surface area contributed by atoms with Gasteiger partial charge in [0.25, 0.3) is 0 Å². The van der Waals surface area contributed by atoms with E-state index in [0.717, 1.165) is 25.2 Å². The Bertz CT molecular complexity index is 311. The minimum absolute atomic E-state index is 0.487. The number of ether oxygens (including phenoxy) is 1. The molecule has 0 aliphatic heterocycles. The van der Waals surface area contributed by atoms with E-state index in [9.17, 15) is 0 Å². The van der Waals surface area contributed by atoms with Crippen LogP contribution in [-0.4, -0.2) is 35.0 Å². The summed E-state index contributed by atoms with van der Waals surface area (Å²) >= 11 is 0. The van der Waals surface area contributed by atoms with E-state index in [-0.39, 0.29) is 0 Å². The predicted molar refractivity (Wildman–Crippen MR) is 67.6 cm³/mol. The van der Waals surface area contributed by atoms with Crippen molar-refractivity contribution in [2.45, 2.75) is 33.2 Å². The maximum absolute atomic E-state index is 5.81. The normalized spacial score (nSPS) is 13.2. The average Bonchev–Trinajstić information content (AvgIpc) is 2.72. The maximum Gasteiger partial charge on any atom is 0.133 e. The number of methoxy groups -OCH3 is 1. The van der Waals surface area contributed by atoms with Crippen LogP contribution in [-0.2, 0) is 17.7 Å². The molecule has 17 heavy (non-hydrogen) atoms. The van der Waals surface area contributed by atoms with Crippen LogP contribution in [0, 0.1) is 11.8 Å². The van der Waals surface area contributed by atoms with Gasteiger partial charge in [-0.15, -0.1) is 10.2 Å². The molecule has 1 atom stereocenters. The zero-order valence-electron chi connectivity index (χ0n) is 11.1. The molecule has 0 aromatic carbocycles. The Labute approximate surface area is 103 Å². The van der Waals surface area contributed by atoms with Gasteiger partial charge in [-0.05, 0) is 24.8 Å². The summed E-state index contributed by atoms with van der Waals surface area (Å²) < 4.78 is 7.11. The highest BCUT2D eigenvalue weighted by molar-refractivity contribution is 4.89. The molecule has 1 heterocycles. The van der Waals surface area contributed by atoms with Crippen molar-refractivity contribution in [1.82, 2.24) is 14.8 Å². The average molecular weight is 240 g/mol. The second kappa shape index (κ2) is 7.40. The molecule has 1 aromatic rings. The summed E-state index contributed by atoms with van der Waals surface area (Å²) in [6.07, 6.45) is 3.79. The van der Waals surface area contributed by atoms with Crippen LogP contribution in [0.15, 0.2) is 6.33 Å². The number of rotatable bonds is 8. The Balaban J connectivity index is 2.56. The summed E-state index contributed by atoms with van der Waals surface area (Å²) in [5, 5.41) is 8.12. The van der Waals surface area contributed by atoms with E-state index in [1.807, 2.05) is 4.57 Å². The van der Waals surface area contributed by atoms with E-state index in [2.05, 4.69) is 24.0 Å². The third-order valence-electron chi connectivity index (χ3n) is 2.84. The second-order valence-corrected chi connectivity index (χ2v) is 4.87. The zero-order valence-corrected chi connectivity index (χ0v) is 11.1. The van der Waals surface area contributed by atoms with Gasteiger partial charge in [-0.25, -0.2) is 0 Å². The van der Waals surface area contributed by atoms with E-state index in [1.54, 1.807) is 13.4 Å². The van der Waals surface area contributed by atoms with E-state index in [4.69, 9.17) is 10.5 Å². The molecule has 5 heteroatoms. The fourth-order valence-electron chi connectivity index (χ4n) is 2.00. The first-order valence-corrected chi connectivity index (χ1v) is 6.23. The molecule has 0 bridgehead atoms. The lowest BCUT2D eigenvalue weighted by atomic mass is 9.94. The first kappa shape index (κ1) is 14.1. The quantitative estimate of drug-likeness (QED) is 0.738. The van der Waals surface area contributed by atoms with Gasteiger partial charge >= 0.3 is 0 Å². The Hall–Kier alpha value is -0.940. The van der Waals surface area contributed by atoms with Crippen LogP contribution in [0.1, 0.15) is 26.1 Å².